The Morgan fingerprint density at radius 3 is 2.34 bits per heavy atom. The molecule has 0 aromatic heterocycles. The Hall–Kier alpha value is -1.25. The highest BCUT2D eigenvalue weighted by Crippen LogP contribution is 2.41. The van der Waals surface area contributed by atoms with Gasteiger partial charge < -0.3 is 49.1 Å². The predicted molar refractivity (Wildman–Crippen MR) is 185 cm³/mol. The van der Waals surface area contributed by atoms with Crippen molar-refractivity contribution in [2.24, 2.45) is 11.7 Å². The largest absolute Gasteiger partial charge is 0.392 e. The van der Waals surface area contributed by atoms with Crippen LogP contribution in [0.4, 0.5) is 0 Å². The molecule has 7 aliphatic rings. The molecule has 6 bridgehead atoms. The lowest BCUT2D eigenvalue weighted by Crippen LogP contribution is -2.57. The molecule has 7 saturated heterocycles. The maximum atomic E-state index is 13.8. The van der Waals surface area contributed by atoms with Gasteiger partial charge in [-0.2, -0.15) is 0 Å². The fourth-order valence-corrected chi connectivity index (χ4v) is 9.71. The van der Waals surface area contributed by atoms with E-state index in [1.54, 1.807) is 0 Å². The monoisotopic (exact) mass is 703 g/mol. The number of carbonyl (C=O) groups is 1. The first-order chi connectivity index (χ1) is 24.2. The first kappa shape index (κ1) is 37.1. The van der Waals surface area contributed by atoms with Crippen LogP contribution in [0.3, 0.4) is 0 Å². The molecule has 282 valence electrons. The molecule has 12 unspecified atom stereocenters. The van der Waals surface area contributed by atoms with Gasteiger partial charge in [0.25, 0.3) is 0 Å². The second kappa shape index (κ2) is 16.8. The first-order valence-electron chi connectivity index (χ1n) is 19.7. The third-order valence-corrected chi connectivity index (χ3v) is 12.5. The van der Waals surface area contributed by atoms with E-state index in [9.17, 15) is 15.0 Å². The molecule has 15 atom stereocenters. The lowest BCUT2D eigenvalue weighted by Gasteiger charge is -2.47. The van der Waals surface area contributed by atoms with Crippen LogP contribution in [0.25, 0.3) is 0 Å². The molecule has 0 aromatic rings. The first-order valence-corrected chi connectivity index (χ1v) is 19.7. The maximum Gasteiger partial charge on any atom is 0.135 e. The smallest absolute Gasteiger partial charge is 0.135 e. The number of aliphatic hydroxyl groups excluding tert-OH is 2. The van der Waals surface area contributed by atoms with Crippen LogP contribution in [-0.2, 0) is 38.0 Å². The number of Topliss-reactive ketones (excluding diaryl/α,β-unsaturated/α-hetero) is 1. The van der Waals surface area contributed by atoms with Crippen LogP contribution in [0.2, 0.25) is 0 Å². The van der Waals surface area contributed by atoms with Gasteiger partial charge in [-0.15, -0.1) is 0 Å². The summed E-state index contributed by atoms with van der Waals surface area (Å²) in [7, 11) is 0. The lowest BCUT2D eigenvalue weighted by molar-refractivity contribution is -0.254. The molecule has 0 spiro atoms. The minimum absolute atomic E-state index is 0.0169. The lowest BCUT2D eigenvalue weighted by atomic mass is 9.85. The Bertz CT molecular complexity index is 1180. The van der Waals surface area contributed by atoms with Gasteiger partial charge in [0.1, 0.15) is 18.0 Å². The number of rotatable bonds is 4. The topological polar surface area (TPSA) is 148 Å². The molecule has 11 nitrogen and oxygen atoms in total. The molecule has 0 amide bonds. The van der Waals surface area contributed by atoms with E-state index in [0.717, 1.165) is 68.9 Å². The number of ether oxygens (including phenoxy) is 7. The van der Waals surface area contributed by atoms with Crippen LogP contribution in [-0.4, -0.2) is 121 Å². The Morgan fingerprint density at radius 2 is 1.52 bits per heavy atom. The summed E-state index contributed by atoms with van der Waals surface area (Å²) in [6, 6.07) is 0. The third-order valence-electron chi connectivity index (χ3n) is 12.5. The van der Waals surface area contributed by atoms with Crippen LogP contribution in [0, 0.1) is 5.92 Å². The van der Waals surface area contributed by atoms with Gasteiger partial charge in [0, 0.05) is 51.9 Å². The second-order valence-electron chi connectivity index (χ2n) is 16.2. The molecule has 7 aliphatic heterocycles. The van der Waals surface area contributed by atoms with Crippen LogP contribution >= 0.6 is 0 Å². The van der Waals surface area contributed by atoms with E-state index in [2.05, 4.69) is 13.2 Å². The van der Waals surface area contributed by atoms with Gasteiger partial charge in [0.15, 0.2) is 0 Å². The Kier molecular flexibility index (Phi) is 12.5. The molecule has 0 aliphatic carbocycles. The molecule has 7 fully saturated rings. The molecule has 0 aromatic carbocycles. The maximum absolute atomic E-state index is 13.8. The van der Waals surface area contributed by atoms with Gasteiger partial charge in [0.2, 0.25) is 0 Å². The summed E-state index contributed by atoms with van der Waals surface area (Å²) < 4.78 is 45.5. The van der Waals surface area contributed by atoms with Gasteiger partial charge in [-0.1, -0.05) is 13.2 Å². The predicted octanol–water partition coefficient (Wildman–Crippen LogP) is 3.84. The Balaban J connectivity index is 1.07. The van der Waals surface area contributed by atoms with Crippen molar-refractivity contribution in [3.63, 3.8) is 0 Å². The number of hydrogen-bond donors (Lipinski definition) is 3. The summed E-state index contributed by atoms with van der Waals surface area (Å²) in [6.45, 7) is 10.0. The molecule has 0 saturated carbocycles. The van der Waals surface area contributed by atoms with Crippen molar-refractivity contribution in [2.45, 2.75) is 188 Å². The zero-order valence-corrected chi connectivity index (χ0v) is 29.7. The average molecular weight is 704 g/mol. The van der Waals surface area contributed by atoms with E-state index in [-0.39, 0.29) is 91.5 Å². The van der Waals surface area contributed by atoms with Crippen molar-refractivity contribution in [1.82, 2.24) is 0 Å². The highest BCUT2D eigenvalue weighted by molar-refractivity contribution is 5.79. The van der Waals surface area contributed by atoms with Crippen molar-refractivity contribution in [2.75, 3.05) is 19.8 Å². The molecule has 50 heavy (non-hydrogen) atoms. The van der Waals surface area contributed by atoms with E-state index in [1.165, 1.54) is 0 Å². The molecule has 11 heteroatoms. The molecule has 0 radical (unpaired) electrons. The van der Waals surface area contributed by atoms with Crippen molar-refractivity contribution in [1.29, 1.82) is 0 Å². The Morgan fingerprint density at radius 1 is 0.700 bits per heavy atom. The highest BCUT2D eigenvalue weighted by atomic mass is 16.6. The molecule has 4 N–H and O–H groups in total. The SMILES string of the molecule is C=C1CC2CCCO[C@@H]3CC(C4OCCC4O)OC4CCC(CC(=O)CC5C[C@@H](CC(O)CN)O[C@H]5CC5OC(CCC5=C)CCC1O2)OC43. The highest BCUT2D eigenvalue weighted by Gasteiger charge is 2.49. The molecular weight excluding hydrogens is 642 g/mol. The summed E-state index contributed by atoms with van der Waals surface area (Å²) in [5.74, 6) is 0.184. The number of carbonyl (C=O) groups excluding carboxylic acids is 1. The average Bonchev–Trinajstić information content (AvgIpc) is 3.80. The fraction of sp³-hybridized carbons (Fsp3) is 0.872. The van der Waals surface area contributed by atoms with Crippen molar-refractivity contribution >= 4 is 5.78 Å². The third kappa shape index (κ3) is 8.92. The number of fused-ring (bicyclic) bond motifs is 6. The zero-order valence-electron chi connectivity index (χ0n) is 29.7. The summed E-state index contributed by atoms with van der Waals surface area (Å²) in [5.41, 5.74) is 8.00. The summed E-state index contributed by atoms with van der Waals surface area (Å²) in [6.07, 6.45) is 8.62. The molecular formula is C39H61NO10. The van der Waals surface area contributed by atoms with Gasteiger partial charge >= 0.3 is 0 Å². The van der Waals surface area contributed by atoms with E-state index in [0.29, 0.717) is 58.2 Å². The van der Waals surface area contributed by atoms with E-state index in [4.69, 9.17) is 38.9 Å². The van der Waals surface area contributed by atoms with Gasteiger partial charge in [0.05, 0.1) is 73.2 Å². The number of aliphatic hydroxyl groups is 2. The van der Waals surface area contributed by atoms with E-state index >= 15 is 0 Å². The molecule has 7 heterocycles. The summed E-state index contributed by atoms with van der Waals surface area (Å²) in [4.78, 5) is 13.8. The van der Waals surface area contributed by atoms with Crippen LogP contribution in [0.5, 0.6) is 0 Å². The normalized spacial score (nSPS) is 45.8. The van der Waals surface area contributed by atoms with Gasteiger partial charge in [-0.05, 0) is 87.7 Å². The quantitative estimate of drug-likeness (QED) is 0.367. The van der Waals surface area contributed by atoms with E-state index in [1.807, 2.05) is 0 Å². The summed E-state index contributed by atoms with van der Waals surface area (Å²) >= 11 is 0. The van der Waals surface area contributed by atoms with Gasteiger partial charge in [-0.3, -0.25) is 4.79 Å². The number of ketones is 1. The van der Waals surface area contributed by atoms with Crippen LogP contribution < -0.4 is 5.73 Å². The number of nitrogens with two attached hydrogens (primary N) is 1. The van der Waals surface area contributed by atoms with Crippen molar-refractivity contribution in [3.8, 4) is 0 Å². The van der Waals surface area contributed by atoms with Crippen molar-refractivity contribution in [3.05, 3.63) is 24.3 Å². The molecule has 7 rings (SSSR count). The minimum atomic E-state index is -0.636. The van der Waals surface area contributed by atoms with Crippen LogP contribution in [0.1, 0.15) is 103 Å². The van der Waals surface area contributed by atoms with Gasteiger partial charge in [-0.25, -0.2) is 0 Å². The van der Waals surface area contributed by atoms with Crippen molar-refractivity contribution < 1.29 is 48.2 Å². The summed E-state index contributed by atoms with van der Waals surface area (Å²) in [5, 5.41) is 20.9. The standard InChI is InChI=1S/C39H61NO10/c1-22-5-6-27-7-9-32-23(2)14-28(47-32)4-3-12-44-36-20-37(38-31(43)11-13-45-38)50-33-10-8-29(49-39(33)36)17-25(41)15-24-16-30(18-26(42)21-40)48-35(24)19-34(22)46-27/h24,26-39,42-43H,1-21,40H2/t24?,26?,27?,28?,29?,30-,31?,32?,33?,34?,35-,36+,37?,38?,39?/m0/s1. The Labute approximate surface area is 297 Å². The second-order valence-corrected chi connectivity index (χ2v) is 16.2. The van der Waals surface area contributed by atoms with E-state index < -0.39 is 12.2 Å². The zero-order chi connectivity index (χ0) is 34.8. The van der Waals surface area contributed by atoms with Crippen LogP contribution in [0.15, 0.2) is 24.3 Å². The minimum Gasteiger partial charge on any atom is -0.392 e. The fourth-order valence-electron chi connectivity index (χ4n) is 9.71. The number of hydrogen-bond acceptors (Lipinski definition) is 11.